The molecule has 0 radical (unpaired) electrons. The summed E-state index contributed by atoms with van der Waals surface area (Å²) in [6.07, 6.45) is 3.44. The van der Waals surface area contributed by atoms with E-state index in [4.69, 9.17) is 29.6 Å². The van der Waals surface area contributed by atoms with E-state index in [2.05, 4.69) is 6.92 Å². The fourth-order valence-corrected chi connectivity index (χ4v) is 3.91. The molecule has 0 atom stereocenters. The molecule has 0 bridgehead atoms. The van der Waals surface area contributed by atoms with Gasteiger partial charge in [-0.15, -0.1) is 0 Å². The fraction of sp³-hybridized carbons (Fsp3) is 0.462. The van der Waals surface area contributed by atoms with Crippen molar-refractivity contribution < 1.29 is 37.0 Å². The second-order valence-corrected chi connectivity index (χ2v) is 10.1. The molecule has 2 aromatic carbocycles. The van der Waals surface area contributed by atoms with Crippen molar-refractivity contribution in [2.45, 2.75) is 58.3 Å². The molecule has 0 aliphatic carbocycles. The zero-order chi connectivity index (χ0) is 27.0. The van der Waals surface area contributed by atoms with Crippen LogP contribution in [0.15, 0.2) is 47.4 Å². The van der Waals surface area contributed by atoms with Gasteiger partial charge < -0.3 is 18.9 Å². The molecule has 0 amide bonds. The van der Waals surface area contributed by atoms with Gasteiger partial charge >= 0.3 is 11.9 Å². The van der Waals surface area contributed by atoms with E-state index in [0.717, 1.165) is 30.6 Å². The van der Waals surface area contributed by atoms with Crippen molar-refractivity contribution in [3.8, 4) is 11.5 Å². The van der Waals surface area contributed by atoms with E-state index in [0.29, 0.717) is 24.3 Å². The number of ether oxygens (including phenoxy) is 4. The lowest BCUT2D eigenvalue weighted by Crippen LogP contribution is -2.15. The molecular formula is C26H35ClO8S. The number of halogens is 1. The summed E-state index contributed by atoms with van der Waals surface area (Å²) in [5.41, 5.74) is 1.83. The van der Waals surface area contributed by atoms with Crippen LogP contribution in [0.4, 0.5) is 0 Å². The highest BCUT2D eigenvalue weighted by Crippen LogP contribution is 2.26. The Hall–Kier alpha value is -2.78. The van der Waals surface area contributed by atoms with Crippen LogP contribution in [-0.4, -0.2) is 46.8 Å². The minimum absolute atomic E-state index is 0.0193. The number of carbonyl (C=O) groups is 2. The fourth-order valence-electron chi connectivity index (χ4n) is 3.11. The third-order valence-corrected chi connectivity index (χ3v) is 5.98. The van der Waals surface area contributed by atoms with Gasteiger partial charge in [0.2, 0.25) is 0 Å². The molecule has 0 unspecified atom stereocenters. The number of esters is 2. The third-order valence-electron chi connectivity index (χ3n) is 4.63. The molecule has 0 aromatic heterocycles. The maximum Gasteiger partial charge on any atom is 0.344 e. The van der Waals surface area contributed by atoms with E-state index < -0.39 is 15.0 Å². The van der Waals surface area contributed by atoms with Crippen molar-refractivity contribution in [2.24, 2.45) is 0 Å². The van der Waals surface area contributed by atoms with Gasteiger partial charge in [0, 0.05) is 10.7 Å². The molecule has 0 heterocycles. The monoisotopic (exact) mass is 542 g/mol. The van der Waals surface area contributed by atoms with Crippen molar-refractivity contribution in [1.29, 1.82) is 0 Å². The molecule has 0 saturated carbocycles. The van der Waals surface area contributed by atoms with Crippen LogP contribution >= 0.6 is 10.7 Å². The number of benzene rings is 2. The molecule has 200 valence electrons. The van der Waals surface area contributed by atoms with Gasteiger partial charge in [0.1, 0.15) is 11.5 Å². The molecule has 2 rings (SSSR count). The van der Waals surface area contributed by atoms with Gasteiger partial charge in [-0.1, -0.05) is 44.9 Å². The summed E-state index contributed by atoms with van der Waals surface area (Å²) in [4.78, 5) is 22.4. The molecular weight excluding hydrogens is 508 g/mol. The highest BCUT2D eigenvalue weighted by Gasteiger charge is 2.14. The van der Waals surface area contributed by atoms with Crippen LogP contribution in [0.3, 0.4) is 0 Å². The number of carbonyl (C=O) groups excluding carboxylic acids is 2. The second kappa shape index (κ2) is 16.8. The number of hydrogen-bond donors (Lipinski definition) is 0. The molecule has 0 saturated heterocycles. The Morgan fingerprint density at radius 1 is 0.750 bits per heavy atom. The minimum Gasteiger partial charge on any atom is -0.482 e. The topological polar surface area (TPSA) is 105 Å². The standard InChI is InChI=1S/C13H17ClO5S.C13H18O3/c1-3-5-10-8-11(20(14,16)17)6-7-12(10)19-9-13(15)18-4-2;1-3-7-11-8-5-6-9-12(11)16-10-13(14)15-4-2/h6-8H,3-5,9H2,1-2H3;5-6,8-9H,3-4,7,10H2,1-2H3. The van der Waals surface area contributed by atoms with Gasteiger partial charge in [0.05, 0.1) is 18.1 Å². The van der Waals surface area contributed by atoms with Crippen LogP contribution in [0, 0.1) is 0 Å². The van der Waals surface area contributed by atoms with Gasteiger partial charge in [-0.2, -0.15) is 0 Å². The van der Waals surface area contributed by atoms with Gasteiger partial charge in [0.15, 0.2) is 13.2 Å². The average Bonchev–Trinajstić information content (AvgIpc) is 2.83. The Morgan fingerprint density at radius 3 is 1.75 bits per heavy atom. The number of para-hydroxylation sites is 1. The average molecular weight is 543 g/mol. The van der Waals surface area contributed by atoms with Crippen LogP contribution in [0.2, 0.25) is 0 Å². The van der Waals surface area contributed by atoms with Crippen LogP contribution in [0.1, 0.15) is 51.7 Å². The van der Waals surface area contributed by atoms with E-state index >= 15 is 0 Å². The highest BCUT2D eigenvalue weighted by molar-refractivity contribution is 8.13. The maximum atomic E-state index is 11.3. The summed E-state index contributed by atoms with van der Waals surface area (Å²) in [7, 11) is 1.53. The van der Waals surface area contributed by atoms with E-state index in [-0.39, 0.29) is 30.7 Å². The molecule has 0 aliphatic rings. The van der Waals surface area contributed by atoms with Crippen molar-refractivity contribution in [1.82, 2.24) is 0 Å². The molecule has 36 heavy (non-hydrogen) atoms. The summed E-state index contributed by atoms with van der Waals surface area (Å²) in [5, 5.41) is 0. The van der Waals surface area contributed by atoms with E-state index in [1.807, 2.05) is 31.2 Å². The summed E-state index contributed by atoms with van der Waals surface area (Å²) >= 11 is 0. The number of hydrogen-bond acceptors (Lipinski definition) is 8. The molecule has 0 spiro atoms. The first-order valence-electron chi connectivity index (χ1n) is 11.9. The quantitative estimate of drug-likeness (QED) is 0.254. The van der Waals surface area contributed by atoms with Crippen LogP contribution < -0.4 is 9.47 Å². The normalized spacial score (nSPS) is 10.6. The first kappa shape index (κ1) is 31.3. The minimum atomic E-state index is -3.78. The summed E-state index contributed by atoms with van der Waals surface area (Å²) < 4.78 is 43.0. The van der Waals surface area contributed by atoms with E-state index in [9.17, 15) is 18.0 Å². The maximum absolute atomic E-state index is 11.3. The number of aryl methyl sites for hydroxylation is 2. The van der Waals surface area contributed by atoms with Crippen LogP contribution in [0.5, 0.6) is 11.5 Å². The Bertz CT molecular complexity index is 1070. The van der Waals surface area contributed by atoms with E-state index in [1.165, 1.54) is 18.2 Å². The SMILES string of the molecule is CCCc1cc(S(=O)(=O)Cl)ccc1OCC(=O)OCC.CCCc1ccccc1OCC(=O)OCC. The van der Waals surface area contributed by atoms with Gasteiger partial charge in [-0.05, 0) is 62.1 Å². The first-order valence-corrected chi connectivity index (χ1v) is 14.2. The molecule has 2 aromatic rings. The molecule has 8 nitrogen and oxygen atoms in total. The predicted octanol–water partition coefficient (Wildman–Crippen LogP) is 5.09. The van der Waals surface area contributed by atoms with Crippen molar-refractivity contribution in [3.63, 3.8) is 0 Å². The van der Waals surface area contributed by atoms with Gasteiger partial charge in [-0.25, -0.2) is 18.0 Å². The third kappa shape index (κ3) is 11.8. The molecule has 10 heteroatoms. The first-order chi connectivity index (χ1) is 17.2. The molecule has 0 aliphatic heterocycles. The van der Waals surface area contributed by atoms with Crippen molar-refractivity contribution in [3.05, 3.63) is 53.6 Å². The second-order valence-electron chi connectivity index (χ2n) is 7.50. The molecule has 0 N–H and O–H groups in total. The predicted molar refractivity (Wildman–Crippen MR) is 138 cm³/mol. The highest BCUT2D eigenvalue weighted by atomic mass is 35.7. The lowest BCUT2D eigenvalue weighted by molar-refractivity contribution is -0.146. The Kier molecular flexibility index (Phi) is 14.6. The lowest BCUT2D eigenvalue weighted by Gasteiger charge is -2.11. The van der Waals surface area contributed by atoms with Crippen LogP contribution in [0.25, 0.3) is 0 Å². The summed E-state index contributed by atoms with van der Waals surface area (Å²) in [5.74, 6) is 0.444. The van der Waals surface area contributed by atoms with Gasteiger partial charge in [-0.3, -0.25) is 0 Å². The van der Waals surface area contributed by atoms with Crippen molar-refractivity contribution >= 4 is 31.7 Å². The largest absolute Gasteiger partial charge is 0.482 e. The van der Waals surface area contributed by atoms with Crippen LogP contribution in [-0.2, 0) is 41.0 Å². The zero-order valence-electron chi connectivity index (χ0n) is 21.3. The van der Waals surface area contributed by atoms with Gasteiger partial charge in [0.25, 0.3) is 9.05 Å². The molecule has 0 fully saturated rings. The number of rotatable bonds is 13. The van der Waals surface area contributed by atoms with E-state index in [1.54, 1.807) is 13.8 Å². The zero-order valence-corrected chi connectivity index (χ0v) is 22.8. The lowest BCUT2D eigenvalue weighted by atomic mass is 10.1. The Labute approximate surface area is 218 Å². The Balaban J connectivity index is 0.000000369. The smallest absolute Gasteiger partial charge is 0.344 e. The summed E-state index contributed by atoms with van der Waals surface area (Å²) in [6.45, 7) is 8.00. The summed E-state index contributed by atoms with van der Waals surface area (Å²) in [6, 6.07) is 12.1. The Morgan fingerprint density at radius 2 is 1.25 bits per heavy atom. The van der Waals surface area contributed by atoms with Crippen molar-refractivity contribution in [2.75, 3.05) is 26.4 Å².